The lowest BCUT2D eigenvalue weighted by atomic mass is 9.96. The van der Waals surface area contributed by atoms with E-state index in [0.29, 0.717) is 19.5 Å². The van der Waals surface area contributed by atoms with Crippen molar-refractivity contribution in [3.05, 3.63) is 0 Å². The number of amides is 2. The predicted octanol–water partition coefficient (Wildman–Crippen LogP) is 0.0984. The van der Waals surface area contributed by atoms with E-state index in [9.17, 15) is 9.59 Å². The van der Waals surface area contributed by atoms with Gasteiger partial charge in [-0.15, -0.1) is 0 Å². The van der Waals surface area contributed by atoms with Crippen LogP contribution in [0.1, 0.15) is 33.6 Å². The molecule has 0 aromatic rings. The van der Waals surface area contributed by atoms with Crippen molar-refractivity contribution < 1.29 is 9.59 Å². The van der Waals surface area contributed by atoms with Gasteiger partial charge in [0.05, 0.1) is 0 Å². The third kappa shape index (κ3) is 4.34. The van der Waals surface area contributed by atoms with Crippen molar-refractivity contribution in [1.29, 1.82) is 0 Å². The van der Waals surface area contributed by atoms with Crippen molar-refractivity contribution in [2.75, 3.05) is 19.6 Å². The van der Waals surface area contributed by atoms with E-state index in [1.165, 1.54) is 0 Å². The molecule has 1 saturated heterocycles. The van der Waals surface area contributed by atoms with Gasteiger partial charge in [-0.3, -0.25) is 9.59 Å². The number of hydrogen-bond acceptors (Lipinski definition) is 3. The van der Waals surface area contributed by atoms with Crippen LogP contribution in [0, 0.1) is 5.41 Å². The summed E-state index contributed by atoms with van der Waals surface area (Å²) in [6, 6.07) is 0.114. The lowest BCUT2D eigenvalue weighted by Crippen LogP contribution is -2.38. The first-order chi connectivity index (χ1) is 7.80. The van der Waals surface area contributed by atoms with Crippen LogP contribution in [-0.2, 0) is 9.59 Å². The first kappa shape index (κ1) is 14.0. The van der Waals surface area contributed by atoms with Crippen LogP contribution in [0.3, 0.4) is 0 Å². The highest BCUT2D eigenvalue weighted by Crippen LogP contribution is 2.12. The number of rotatable bonds is 3. The number of nitrogens with one attached hydrogen (secondary N) is 1. The summed E-state index contributed by atoms with van der Waals surface area (Å²) in [5.41, 5.74) is 5.33. The van der Waals surface area contributed by atoms with Gasteiger partial charge in [-0.1, -0.05) is 20.8 Å². The fraction of sp³-hybridized carbons (Fsp3) is 0.833. The van der Waals surface area contributed by atoms with Crippen molar-refractivity contribution in [1.82, 2.24) is 10.2 Å². The molecular formula is C12H23N3O2. The molecule has 1 aliphatic rings. The number of nitrogens with zero attached hydrogens (tertiary/aromatic N) is 1. The fourth-order valence-electron chi connectivity index (χ4n) is 1.72. The quantitative estimate of drug-likeness (QED) is 0.735. The molecule has 98 valence electrons. The summed E-state index contributed by atoms with van der Waals surface area (Å²) >= 11 is 0. The standard InChI is InChI=1S/C12H23N3O2/c1-12(2,3)11(17)14-6-4-10(16)15-7-5-9(13)8-15/h9H,4-8,13H2,1-3H3,(H,14,17)/t9-/m1/s1. The van der Waals surface area contributed by atoms with E-state index in [1.807, 2.05) is 20.8 Å². The van der Waals surface area contributed by atoms with Gasteiger partial charge in [0.15, 0.2) is 0 Å². The van der Waals surface area contributed by atoms with Gasteiger partial charge in [0.25, 0.3) is 0 Å². The zero-order chi connectivity index (χ0) is 13.1. The summed E-state index contributed by atoms with van der Waals surface area (Å²) in [5.74, 6) is 0.0515. The Morgan fingerprint density at radius 3 is 2.53 bits per heavy atom. The maximum atomic E-state index is 11.7. The third-order valence-corrected chi connectivity index (χ3v) is 2.88. The summed E-state index contributed by atoms with van der Waals surface area (Å²) in [7, 11) is 0. The fourth-order valence-corrected chi connectivity index (χ4v) is 1.72. The topological polar surface area (TPSA) is 75.4 Å². The van der Waals surface area contributed by atoms with Crippen LogP contribution >= 0.6 is 0 Å². The molecule has 0 aromatic carbocycles. The number of carbonyl (C=O) groups is 2. The summed E-state index contributed by atoms with van der Waals surface area (Å²) < 4.78 is 0. The van der Waals surface area contributed by atoms with Gasteiger partial charge in [-0.2, -0.15) is 0 Å². The number of carbonyl (C=O) groups excluding carboxylic acids is 2. The summed E-state index contributed by atoms with van der Waals surface area (Å²) in [4.78, 5) is 25.1. The molecule has 1 aliphatic heterocycles. The molecule has 0 spiro atoms. The van der Waals surface area contributed by atoms with Gasteiger partial charge < -0.3 is 16.0 Å². The van der Waals surface area contributed by atoms with E-state index in [4.69, 9.17) is 5.73 Å². The Morgan fingerprint density at radius 2 is 2.06 bits per heavy atom. The first-order valence-electron chi connectivity index (χ1n) is 6.12. The van der Waals surface area contributed by atoms with Crippen molar-refractivity contribution in [2.24, 2.45) is 11.1 Å². The summed E-state index contributed by atoms with van der Waals surface area (Å²) in [6.07, 6.45) is 1.23. The van der Waals surface area contributed by atoms with Gasteiger partial charge >= 0.3 is 0 Å². The molecule has 0 radical (unpaired) electrons. The Hall–Kier alpha value is -1.10. The highest BCUT2D eigenvalue weighted by atomic mass is 16.2. The molecule has 3 N–H and O–H groups in total. The molecular weight excluding hydrogens is 218 g/mol. The van der Waals surface area contributed by atoms with Gasteiger partial charge in [-0.05, 0) is 6.42 Å². The van der Waals surface area contributed by atoms with Crippen molar-refractivity contribution in [3.63, 3.8) is 0 Å². The molecule has 0 aromatic heterocycles. The minimum Gasteiger partial charge on any atom is -0.355 e. The number of nitrogens with two attached hydrogens (primary N) is 1. The Bertz CT molecular complexity index is 297. The average molecular weight is 241 g/mol. The normalized spacial score (nSPS) is 20.5. The lowest BCUT2D eigenvalue weighted by Gasteiger charge is -2.19. The van der Waals surface area contributed by atoms with Crippen LogP contribution in [-0.4, -0.2) is 42.4 Å². The minimum atomic E-state index is -0.404. The second kappa shape index (κ2) is 5.49. The van der Waals surface area contributed by atoms with E-state index >= 15 is 0 Å². The number of hydrogen-bond donors (Lipinski definition) is 2. The molecule has 0 bridgehead atoms. The smallest absolute Gasteiger partial charge is 0.225 e. The van der Waals surface area contributed by atoms with E-state index < -0.39 is 5.41 Å². The average Bonchev–Trinajstić information content (AvgIpc) is 2.63. The van der Waals surface area contributed by atoms with Crippen LogP contribution in [0.2, 0.25) is 0 Å². The minimum absolute atomic E-state index is 0.0246. The van der Waals surface area contributed by atoms with E-state index in [0.717, 1.165) is 13.0 Å². The SMILES string of the molecule is CC(C)(C)C(=O)NCCC(=O)N1CC[C@@H](N)C1. The van der Waals surface area contributed by atoms with Crippen LogP contribution in [0.15, 0.2) is 0 Å². The molecule has 0 unspecified atom stereocenters. The molecule has 17 heavy (non-hydrogen) atoms. The number of likely N-dealkylation sites (tertiary alicyclic amines) is 1. The molecule has 1 atom stereocenters. The first-order valence-corrected chi connectivity index (χ1v) is 6.12. The molecule has 2 amide bonds. The molecule has 5 heteroatoms. The Labute approximate surface area is 103 Å². The van der Waals surface area contributed by atoms with Crippen molar-refractivity contribution in [3.8, 4) is 0 Å². The van der Waals surface area contributed by atoms with E-state index in [2.05, 4.69) is 5.32 Å². The zero-order valence-corrected chi connectivity index (χ0v) is 11.0. The van der Waals surface area contributed by atoms with Gasteiger partial charge in [-0.25, -0.2) is 0 Å². The maximum Gasteiger partial charge on any atom is 0.225 e. The van der Waals surface area contributed by atoms with E-state index in [1.54, 1.807) is 4.90 Å². The molecule has 0 saturated carbocycles. The second-order valence-corrected chi connectivity index (χ2v) is 5.64. The zero-order valence-electron chi connectivity index (χ0n) is 11.0. The van der Waals surface area contributed by atoms with Crippen molar-refractivity contribution in [2.45, 2.75) is 39.7 Å². The van der Waals surface area contributed by atoms with Crippen molar-refractivity contribution >= 4 is 11.8 Å². The third-order valence-electron chi connectivity index (χ3n) is 2.88. The predicted molar refractivity (Wildman–Crippen MR) is 66.3 cm³/mol. The lowest BCUT2D eigenvalue weighted by molar-refractivity contribution is -0.131. The Balaban J connectivity index is 2.23. The van der Waals surface area contributed by atoms with Gasteiger partial charge in [0, 0.05) is 37.5 Å². The maximum absolute atomic E-state index is 11.7. The molecule has 1 fully saturated rings. The highest BCUT2D eigenvalue weighted by Gasteiger charge is 2.24. The van der Waals surface area contributed by atoms with Crippen LogP contribution in [0.5, 0.6) is 0 Å². The molecule has 1 rings (SSSR count). The van der Waals surface area contributed by atoms with E-state index in [-0.39, 0.29) is 17.9 Å². The molecule has 0 aliphatic carbocycles. The highest BCUT2D eigenvalue weighted by molar-refractivity contribution is 5.82. The van der Waals surface area contributed by atoms with Gasteiger partial charge in [0.1, 0.15) is 0 Å². The summed E-state index contributed by atoms with van der Waals surface area (Å²) in [5, 5.41) is 2.77. The Morgan fingerprint density at radius 1 is 1.41 bits per heavy atom. The largest absolute Gasteiger partial charge is 0.355 e. The second-order valence-electron chi connectivity index (χ2n) is 5.64. The Kier molecular flexibility index (Phi) is 4.51. The molecule has 1 heterocycles. The van der Waals surface area contributed by atoms with Crippen LogP contribution in [0.25, 0.3) is 0 Å². The van der Waals surface area contributed by atoms with Gasteiger partial charge in [0.2, 0.25) is 11.8 Å². The monoisotopic (exact) mass is 241 g/mol. The van der Waals surface area contributed by atoms with Crippen LogP contribution in [0.4, 0.5) is 0 Å². The summed E-state index contributed by atoms with van der Waals surface area (Å²) in [6.45, 7) is 7.34. The van der Waals surface area contributed by atoms with Crippen LogP contribution < -0.4 is 11.1 Å². The molecule has 5 nitrogen and oxygen atoms in total.